The SMILES string of the molecule is Cc1cc(Nc2ncccn2)cc(C2CCNCC2)n1. The van der Waals surface area contributed by atoms with Crippen LogP contribution in [0.5, 0.6) is 0 Å². The van der Waals surface area contributed by atoms with Crippen LogP contribution in [0.25, 0.3) is 0 Å². The molecule has 0 saturated carbocycles. The minimum atomic E-state index is 0.549. The number of rotatable bonds is 3. The van der Waals surface area contributed by atoms with E-state index in [1.807, 2.05) is 19.1 Å². The van der Waals surface area contributed by atoms with Crippen molar-refractivity contribution in [2.24, 2.45) is 0 Å². The first-order valence-corrected chi connectivity index (χ1v) is 7.04. The summed E-state index contributed by atoms with van der Waals surface area (Å²) in [6.07, 6.45) is 5.77. The van der Waals surface area contributed by atoms with Crippen molar-refractivity contribution in [1.82, 2.24) is 20.3 Å². The van der Waals surface area contributed by atoms with Gasteiger partial charge in [0.25, 0.3) is 0 Å². The molecule has 1 aliphatic rings. The second-order valence-electron chi connectivity index (χ2n) is 5.14. The molecule has 3 rings (SSSR count). The van der Waals surface area contributed by atoms with E-state index in [1.165, 1.54) is 5.69 Å². The molecule has 1 aliphatic heterocycles. The van der Waals surface area contributed by atoms with E-state index in [0.717, 1.165) is 37.3 Å². The van der Waals surface area contributed by atoms with Crippen molar-refractivity contribution in [3.05, 3.63) is 42.0 Å². The van der Waals surface area contributed by atoms with Gasteiger partial charge in [-0.05, 0) is 51.1 Å². The molecule has 2 aromatic heterocycles. The zero-order valence-corrected chi connectivity index (χ0v) is 11.6. The van der Waals surface area contributed by atoms with Crippen LogP contribution in [0.4, 0.5) is 11.6 Å². The summed E-state index contributed by atoms with van der Waals surface area (Å²) < 4.78 is 0. The van der Waals surface area contributed by atoms with Crippen molar-refractivity contribution >= 4 is 11.6 Å². The molecule has 5 nitrogen and oxygen atoms in total. The monoisotopic (exact) mass is 269 g/mol. The molecular formula is C15H19N5. The minimum absolute atomic E-state index is 0.549. The Labute approximate surface area is 118 Å². The smallest absolute Gasteiger partial charge is 0.227 e. The van der Waals surface area contributed by atoms with Gasteiger partial charge in [-0.2, -0.15) is 0 Å². The summed E-state index contributed by atoms with van der Waals surface area (Å²) in [5.74, 6) is 1.17. The normalized spacial score (nSPS) is 16.1. The average molecular weight is 269 g/mol. The molecule has 2 aromatic rings. The average Bonchev–Trinajstić information content (AvgIpc) is 2.49. The molecule has 0 radical (unpaired) electrons. The number of hydrogen-bond donors (Lipinski definition) is 2. The van der Waals surface area contributed by atoms with E-state index >= 15 is 0 Å². The van der Waals surface area contributed by atoms with E-state index in [4.69, 9.17) is 4.98 Å². The summed E-state index contributed by atoms with van der Waals surface area (Å²) >= 11 is 0. The van der Waals surface area contributed by atoms with Crippen LogP contribution in [0.3, 0.4) is 0 Å². The van der Waals surface area contributed by atoms with Crippen LogP contribution < -0.4 is 10.6 Å². The van der Waals surface area contributed by atoms with E-state index in [1.54, 1.807) is 12.4 Å². The fourth-order valence-electron chi connectivity index (χ4n) is 2.59. The van der Waals surface area contributed by atoms with Gasteiger partial charge in [-0.25, -0.2) is 9.97 Å². The molecule has 3 heterocycles. The van der Waals surface area contributed by atoms with Gasteiger partial charge in [0.1, 0.15) is 0 Å². The quantitative estimate of drug-likeness (QED) is 0.896. The van der Waals surface area contributed by atoms with Crippen LogP contribution in [-0.4, -0.2) is 28.0 Å². The molecule has 0 atom stereocenters. The van der Waals surface area contributed by atoms with Gasteiger partial charge in [0, 0.05) is 35.4 Å². The third kappa shape index (κ3) is 3.11. The van der Waals surface area contributed by atoms with Crippen molar-refractivity contribution in [1.29, 1.82) is 0 Å². The Bertz CT molecular complexity index is 564. The molecule has 0 spiro atoms. The predicted octanol–water partition coefficient (Wildman–Crippen LogP) is 2.39. The summed E-state index contributed by atoms with van der Waals surface area (Å²) in [4.78, 5) is 13.1. The number of aromatic nitrogens is 3. The van der Waals surface area contributed by atoms with E-state index in [0.29, 0.717) is 11.9 Å². The number of pyridine rings is 1. The van der Waals surface area contributed by atoms with Crippen LogP contribution in [0.15, 0.2) is 30.6 Å². The van der Waals surface area contributed by atoms with Crippen molar-refractivity contribution < 1.29 is 0 Å². The molecule has 5 heteroatoms. The predicted molar refractivity (Wildman–Crippen MR) is 79.1 cm³/mol. The third-order valence-electron chi connectivity index (χ3n) is 3.55. The maximum Gasteiger partial charge on any atom is 0.227 e. The molecule has 20 heavy (non-hydrogen) atoms. The number of nitrogens with one attached hydrogen (secondary N) is 2. The standard InChI is InChI=1S/C15H19N5/c1-11-9-13(20-15-17-5-2-6-18-15)10-14(19-11)12-3-7-16-8-4-12/h2,5-6,9-10,12,16H,3-4,7-8H2,1H3,(H,17,18,19,20). The Morgan fingerprint density at radius 1 is 1.15 bits per heavy atom. The van der Waals surface area contributed by atoms with Gasteiger partial charge >= 0.3 is 0 Å². The Balaban J connectivity index is 1.82. The highest BCUT2D eigenvalue weighted by molar-refractivity contribution is 5.54. The second-order valence-corrected chi connectivity index (χ2v) is 5.14. The molecule has 0 aliphatic carbocycles. The van der Waals surface area contributed by atoms with Crippen LogP contribution in [0, 0.1) is 6.92 Å². The first kappa shape index (κ1) is 13.0. The van der Waals surface area contributed by atoms with Gasteiger partial charge in [0.2, 0.25) is 5.95 Å². The van der Waals surface area contributed by atoms with E-state index in [-0.39, 0.29) is 0 Å². The summed E-state index contributed by atoms with van der Waals surface area (Å²) in [7, 11) is 0. The second kappa shape index (κ2) is 5.96. The summed E-state index contributed by atoms with van der Waals surface area (Å²) in [6.45, 7) is 4.18. The van der Waals surface area contributed by atoms with Crippen molar-refractivity contribution in [2.75, 3.05) is 18.4 Å². The molecule has 0 aromatic carbocycles. The molecule has 0 unspecified atom stereocenters. The third-order valence-corrected chi connectivity index (χ3v) is 3.55. The van der Waals surface area contributed by atoms with Crippen molar-refractivity contribution in [2.45, 2.75) is 25.7 Å². The van der Waals surface area contributed by atoms with Gasteiger partial charge in [0.05, 0.1) is 0 Å². The number of aryl methyl sites for hydroxylation is 1. The lowest BCUT2D eigenvalue weighted by Gasteiger charge is -2.23. The molecule has 1 fully saturated rings. The van der Waals surface area contributed by atoms with Crippen LogP contribution in [-0.2, 0) is 0 Å². The number of nitrogens with zero attached hydrogens (tertiary/aromatic N) is 3. The van der Waals surface area contributed by atoms with Crippen molar-refractivity contribution in [3.63, 3.8) is 0 Å². The zero-order valence-electron chi connectivity index (χ0n) is 11.6. The summed E-state index contributed by atoms with van der Waals surface area (Å²) in [5.41, 5.74) is 3.21. The number of hydrogen-bond acceptors (Lipinski definition) is 5. The topological polar surface area (TPSA) is 62.7 Å². The minimum Gasteiger partial charge on any atom is -0.324 e. The fraction of sp³-hybridized carbons (Fsp3) is 0.400. The van der Waals surface area contributed by atoms with Gasteiger partial charge < -0.3 is 10.6 Å². The Morgan fingerprint density at radius 2 is 1.90 bits per heavy atom. The Hall–Kier alpha value is -2.01. The molecule has 0 amide bonds. The zero-order chi connectivity index (χ0) is 13.8. The summed E-state index contributed by atoms with van der Waals surface area (Å²) in [6, 6.07) is 5.96. The highest BCUT2D eigenvalue weighted by Gasteiger charge is 2.17. The largest absolute Gasteiger partial charge is 0.324 e. The van der Waals surface area contributed by atoms with Gasteiger partial charge in [-0.1, -0.05) is 0 Å². The van der Waals surface area contributed by atoms with E-state index in [9.17, 15) is 0 Å². The first-order valence-electron chi connectivity index (χ1n) is 7.04. The van der Waals surface area contributed by atoms with E-state index < -0.39 is 0 Å². The Morgan fingerprint density at radius 3 is 2.65 bits per heavy atom. The Kier molecular flexibility index (Phi) is 3.87. The lowest BCUT2D eigenvalue weighted by atomic mass is 9.94. The van der Waals surface area contributed by atoms with Crippen LogP contribution in [0.2, 0.25) is 0 Å². The van der Waals surface area contributed by atoms with Crippen LogP contribution >= 0.6 is 0 Å². The molecule has 2 N–H and O–H groups in total. The fourth-order valence-corrected chi connectivity index (χ4v) is 2.59. The molecular weight excluding hydrogens is 250 g/mol. The van der Waals surface area contributed by atoms with Gasteiger partial charge in [-0.3, -0.25) is 4.98 Å². The highest BCUT2D eigenvalue weighted by atomic mass is 15.1. The molecule has 0 bridgehead atoms. The molecule has 1 saturated heterocycles. The van der Waals surface area contributed by atoms with Crippen LogP contribution in [0.1, 0.15) is 30.1 Å². The highest BCUT2D eigenvalue weighted by Crippen LogP contribution is 2.26. The van der Waals surface area contributed by atoms with Crippen molar-refractivity contribution in [3.8, 4) is 0 Å². The number of anilines is 2. The van der Waals surface area contributed by atoms with Gasteiger partial charge in [0.15, 0.2) is 0 Å². The maximum atomic E-state index is 4.69. The molecule has 104 valence electrons. The summed E-state index contributed by atoms with van der Waals surface area (Å²) in [5, 5.41) is 6.64. The lowest BCUT2D eigenvalue weighted by Crippen LogP contribution is -2.27. The maximum absolute atomic E-state index is 4.69. The number of piperidine rings is 1. The lowest BCUT2D eigenvalue weighted by molar-refractivity contribution is 0.453. The first-order chi connectivity index (χ1) is 9.81. The van der Waals surface area contributed by atoms with Gasteiger partial charge in [-0.15, -0.1) is 0 Å². The van der Waals surface area contributed by atoms with E-state index in [2.05, 4.69) is 26.7 Å².